The summed E-state index contributed by atoms with van der Waals surface area (Å²) in [5.41, 5.74) is 1.34. The van der Waals surface area contributed by atoms with E-state index in [0.717, 1.165) is 41.8 Å². The van der Waals surface area contributed by atoms with E-state index in [1.165, 1.54) is 5.56 Å². The smallest absolute Gasteiger partial charge is 0.258 e. The van der Waals surface area contributed by atoms with Crippen LogP contribution in [0, 0.1) is 3.57 Å². The highest BCUT2D eigenvalue weighted by molar-refractivity contribution is 14.1. The molecule has 1 N–H and O–H groups in total. The minimum absolute atomic E-state index is 0.0416. The van der Waals surface area contributed by atoms with Crippen molar-refractivity contribution in [2.24, 2.45) is 0 Å². The zero-order valence-corrected chi connectivity index (χ0v) is 16.3. The molecule has 4 nitrogen and oxygen atoms in total. The van der Waals surface area contributed by atoms with Crippen LogP contribution in [0.4, 0.5) is 0 Å². The van der Waals surface area contributed by atoms with Crippen LogP contribution in [-0.2, 0) is 11.3 Å². The highest BCUT2D eigenvalue weighted by atomic mass is 127. The molecule has 25 heavy (non-hydrogen) atoms. The maximum Gasteiger partial charge on any atom is 0.258 e. The Morgan fingerprint density at radius 1 is 1.08 bits per heavy atom. The topological polar surface area (TPSA) is 41.6 Å². The van der Waals surface area contributed by atoms with Crippen molar-refractivity contribution in [2.75, 3.05) is 19.7 Å². The third kappa shape index (κ3) is 6.01. The van der Waals surface area contributed by atoms with Crippen molar-refractivity contribution >= 4 is 28.5 Å². The van der Waals surface area contributed by atoms with Crippen molar-refractivity contribution in [2.45, 2.75) is 25.4 Å². The molecule has 0 unspecified atom stereocenters. The molecule has 1 heterocycles. The van der Waals surface area contributed by atoms with E-state index in [0.29, 0.717) is 0 Å². The quantitative estimate of drug-likeness (QED) is 0.686. The Bertz CT molecular complexity index is 668. The molecule has 5 heteroatoms. The predicted molar refractivity (Wildman–Crippen MR) is 108 cm³/mol. The van der Waals surface area contributed by atoms with Crippen molar-refractivity contribution in [3.8, 4) is 5.75 Å². The van der Waals surface area contributed by atoms with Crippen LogP contribution in [0.1, 0.15) is 18.4 Å². The molecule has 1 saturated heterocycles. The molecule has 2 aromatic carbocycles. The van der Waals surface area contributed by atoms with Crippen LogP contribution in [0.2, 0.25) is 0 Å². The first-order valence-electron chi connectivity index (χ1n) is 8.63. The van der Waals surface area contributed by atoms with Gasteiger partial charge in [0.2, 0.25) is 0 Å². The van der Waals surface area contributed by atoms with Crippen LogP contribution in [-0.4, -0.2) is 36.5 Å². The number of nitrogens with one attached hydrogen (secondary N) is 1. The fourth-order valence-corrected chi connectivity index (χ4v) is 3.39. The van der Waals surface area contributed by atoms with Crippen LogP contribution in [0.25, 0.3) is 0 Å². The molecule has 0 spiro atoms. The van der Waals surface area contributed by atoms with Gasteiger partial charge in [-0.1, -0.05) is 30.3 Å². The van der Waals surface area contributed by atoms with Gasteiger partial charge in [-0.05, 0) is 65.3 Å². The fourth-order valence-electron chi connectivity index (χ4n) is 3.03. The Hall–Kier alpha value is -1.60. The summed E-state index contributed by atoms with van der Waals surface area (Å²) in [5, 5.41) is 3.09. The lowest BCUT2D eigenvalue weighted by molar-refractivity contribution is -0.124. The van der Waals surface area contributed by atoms with Crippen molar-refractivity contribution in [1.29, 1.82) is 0 Å². The normalized spacial score (nSPS) is 15.7. The third-order valence-corrected chi connectivity index (χ3v) is 5.10. The van der Waals surface area contributed by atoms with Gasteiger partial charge in [-0.3, -0.25) is 9.69 Å². The number of ether oxygens (including phenoxy) is 1. The van der Waals surface area contributed by atoms with Crippen molar-refractivity contribution in [1.82, 2.24) is 10.2 Å². The average Bonchev–Trinajstić information content (AvgIpc) is 2.64. The molecule has 0 aliphatic carbocycles. The Morgan fingerprint density at radius 3 is 2.44 bits per heavy atom. The number of nitrogens with zero attached hydrogens (tertiary/aromatic N) is 1. The Kier molecular flexibility index (Phi) is 6.69. The van der Waals surface area contributed by atoms with E-state index in [2.05, 4.69) is 57.1 Å². The van der Waals surface area contributed by atoms with E-state index in [4.69, 9.17) is 4.74 Å². The van der Waals surface area contributed by atoms with Gasteiger partial charge in [0.05, 0.1) is 0 Å². The van der Waals surface area contributed by atoms with Gasteiger partial charge in [-0.2, -0.15) is 0 Å². The molecule has 0 radical (unpaired) electrons. The molecule has 0 aromatic heterocycles. The van der Waals surface area contributed by atoms with Crippen molar-refractivity contribution in [3.05, 3.63) is 63.7 Å². The lowest BCUT2D eigenvalue weighted by atomic mass is 10.0. The first kappa shape index (κ1) is 18.2. The monoisotopic (exact) mass is 450 g/mol. The summed E-state index contributed by atoms with van der Waals surface area (Å²) in [6.45, 7) is 3.08. The molecule has 1 fully saturated rings. The summed E-state index contributed by atoms with van der Waals surface area (Å²) in [7, 11) is 0. The number of benzene rings is 2. The van der Waals surface area contributed by atoms with Gasteiger partial charge in [0.15, 0.2) is 6.61 Å². The number of piperidine rings is 1. The van der Waals surface area contributed by atoms with Crippen LogP contribution in [0.3, 0.4) is 0 Å². The summed E-state index contributed by atoms with van der Waals surface area (Å²) in [6.07, 6.45) is 1.98. The lowest BCUT2D eigenvalue weighted by Crippen LogP contribution is -2.45. The zero-order chi connectivity index (χ0) is 17.5. The van der Waals surface area contributed by atoms with Crippen LogP contribution >= 0.6 is 22.6 Å². The standard InChI is InChI=1S/C20H23IN2O2/c21-17-6-8-19(9-7-17)25-15-20(24)22-18-10-12-23(13-11-18)14-16-4-2-1-3-5-16/h1-9,18H,10-15H2,(H,22,24). The van der Waals surface area contributed by atoms with Crippen LogP contribution in [0.15, 0.2) is 54.6 Å². The average molecular weight is 450 g/mol. The summed E-state index contributed by atoms with van der Waals surface area (Å²) in [5.74, 6) is 0.688. The molecule has 0 atom stereocenters. The van der Waals surface area contributed by atoms with E-state index in [9.17, 15) is 4.79 Å². The molecule has 1 aliphatic heterocycles. The summed E-state index contributed by atoms with van der Waals surface area (Å²) in [6, 6.07) is 18.5. The number of halogens is 1. The van der Waals surface area contributed by atoms with Gasteiger partial charge in [0, 0.05) is 29.2 Å². The first-order valence-corrected chi connectivity index (χ1v) is 9.71. The Balaban J connectivity index is 1.36. The van der Waals surface area contributed by atoms with E-state index < -0.39 is 0 Å². The molecule has 0 bridgehead atoms. The molecular formula is C20H23IN2O2. The van der Waals surface area contributed by atoms with Gasteiger partial charge in [-0.25, -0.2) is 0 Å². The van der Waals surface area contributed by atoms with Crippen LogP contribution in [0.5, 0.6) is 5.75 Å². The molecule has 0 saturated carbocycles. The van der Waals surface area contributed by atoms with Gasteiger partial charge < -0.3 is 10.1 Å². The number of rotatable bonds is 6. The fraction of sp³-hybridized carbons (Fsp3) is 0.350. The van der Waals surface area contributed by atoms with Gasteiger partial charge in [-0.15, -0.1) is 0 Å². The molecule has 1 aliphatic rings. The van der Waals surface area contributed by atoms with Gasteiger partial charge in [0.1, 0.15) is 5.75 Å². The van der Waals surface area contributed by atoms with Crippen molar-refractivity contribution < 1.29 is 9.53 Å². The first-order chi connectivity index (χ1) is 12.2. The van der Waals surface area contributed by atoms with Crippen molar-refractivity contribution in [3.63, 3.8) is 0 Å². The van der Waals surface area contributed by atoms with Gasteiger partial charge >= 0.3 is 0 Å². The number of carbonyl (C=O) groups is 1. The summed E-state index contributed by atoms with van der Waals surface area (Å²) < 4.78 is 6.69. The second-order valence-electron chi connectivity index (χ2n) is 6.35. The number of hydrogen-bond donors (Lipinski definition) is 1. The number of likely N-dealkylation sites (tertiary alicyclic amines) is 1. The zero-order valence-electron chi connectivity index (χ0n) is 14.2. The van der Waals surface area contributed by atoms with E-state index in [-0.39, 0.29) is 18.6 Å². The predicted octanol–water partition coefficient (Wildman–Crippen LogP) is 3.45. The minimum atomic E-state index is -0.0416. The second kappa shape index (κ2) is 9.20. The second-order valence-corrected chi connectivity index (χ2v) is 7.59. The molecule has 1 amide bonds. The van der Waals surface area contributed by atoms with E-state index in [1.54, 1.807) is 0 Å². The summed E-state index contributed by atoms with van der Waals surface area (Å²) in [4.78, 5) is 14.5. The highest BCUT2D eigenvalue weighted by Gasteiger charge is 2.20. The molecular weight excluding hydrogens is 427 g/mol. The van der Waals surface area contributed by atoms with Gasteiger partial charge in [0.25, 0.3) is 5.91 Å². The Labute approximate surface area is 162 Å². The van der Waals surface area contributed by atoms with Crippen LogP contribution < -0.4 is 10.1 Å². The Morgan fingerprint density at radius 2 is 1.76 bits per heavy atom. The highest BCUT2D eigenvalue weighted by Crippen LogP contribution is 2.15. The maximum absolute atomic E-state index is 12.1. The maximum atomic E-state index is 12.1. The number of amides is 1. The summed E-state index contributed by atoms with van der Waals surface area (Å²) >= 11 is 2.24. The SMILES string of the molecule is O=C(COc1ccc(I)cc1)NC1CCN(Cc2ccccc2)CC1. The van der Waals surface area contributed by atoms with E-state index >= 15 is 0 Å². The molecule has 2 aromatic rings. The third-order valence-electron chi connectivity index (χ3n) is 4.39. The minimum Gasteiger partial charge on any atom is -0.484 e. The number of carbonyl (C=O) groups excluding carboxylic acids is 1. The van der Waals surface area contributed by atoms with E-state index in [1.807, 2.05) is 30.3 Å². The molecule has 132 valence electrons. The lowest BCUT2D eigenvalue weighted by Gasteiger charge is -2.32. The largest absolute Gasteiger partial charge is 0.484 e. The molecule has 3 rings (SSSR count). The number of hydrogen-bond acceptors (Lipinski definition) is 3.